The molecule has 0 aliphatic rings. The molecule has 0 fully saturated rings. The normalized spacial score (nSPS) is 11.4. The Balaban J connectivity index is 3.08. The molecule has 0 spiro atoms. The van der Waals surface area contributed by atoms with Crippen molar-refractivity contribution in [2.24, 2.45) is 0 Å². The second-order valence-corrected chi connectivity index (χ2v) is 6.70. The van der Waals surface area contributed by atoms with Crippen molar-refractivity contribution < 1.29 is 13.6 Å². The summed E-state index contributed by atoms with van der Waals surface area (Å²) in [5.41, 5.74) is 0. The number of hydrogen-bond acceptors (Lipinski definition) is 3. The number of rotatable bonds is 17. The second kappa shape index (κ2) is 18.6. The first kappa shape index (κ1) is 21.6. The summed E-state index contributed by atoms with van der Waals surface area (Å²) in [6, 6.07) is 0. The van der Waals surface area contributed by atoms with Gasteiger partial charge in [-0.15, -0.1) is 21.4 Å². The van der Waals surface area contributed by atoms with E-state index >= 15 is 0 Å². The summed E-state index contributed by atoms with van der Waals surface area (Å²) in [4.78, 5) is 0. The van der Waals surface area contributed by atoms with Crippen molar-refractivity contribution in [1.29, 1.82) is 0 Å². The van der Waals surface area contributed by atoms with Gasteiger partial charge < -0.3 is 0 Å². The van der Waals surface area contributed by atoms with Crippen molar-refractivity contribution in [2.75, 3.05) is 13.2 Å². The van der Waals surface area contributed by atoms with Gasteiger partial charge in [-0.3, -0.25) is 0 Å². The van der Waals surface area contributed by atoms with Gasteiger partial charge in [-0.05, 0) is 6.42 Å². The molecule has 0 bridgehead atoms. The fraction of sp³-hybridized carbons (Fsp3) is 0.889. The SMILES string of the molecule is C#CCCO[P+](=O)OCCCCCCCCCCCCCC. The van der Waals surface area contributed by atoms with Crippen LogP contribution in [0.4, 0.5) is 0 Å². The quantitative estimate of drug-likeness (QED) is 0.176. The van der Waals surface area contributed by atoms with Gasteiger partial charge in [-0.25, -0.2) is 0 Å². The topological polar surface area (TPSA) is 35.5 Å². The van der Waals surface area contributed by atoms with Gasteiger partial charge in [0.15, 0.2) is 0 Å². The zero-order valence-corrected chi connectivity index (χ0v) is 15.3. The molecular weight excluding hydrogens is 295 g/mol. The largest absolute Gasteiger partial charge is 0.697 e. The van der Waals surface area contributed by atoms with Crippen LogP contribution < -0.4 is 0 Å². The van der Waals surface area contributed by atoms with Gasteiger partial charge in [0.1, 0.15) is 13.2 Å². The Morgan fingerprint density at radius 1 is 0.773 bits per heavy atom. The van der Waals surface area contributed by atoms with E-state index in [1.165, 1.54) is 64.2 Å². The first-order chi connectivity index (χ1) is 10.8. The molecule has 0 amide bonds. The minimum absolute atomic E-state index is 0.310. The Hall–Kier alpha value is -0.420. The average molecular weight is 329 g/mol. The van der Waals surface area contributed by atoms with Crippen LogP contribution in [0.15, 0.2) is 0 Å². The lowest BCUT2D eigenvalue weighted by Gasteiger charge is -2.01. The van der Waals surface area contributed by atoms with Crippen LogP contribution in [0.3, 0.4) is 0 Å². The molecule has 0 aromatic rings. The van der Waals surface area contributed by atoms with Gasteiger partial charge in [0.25, 0.3) is 0 Å². The molecule has 0 aliphatic heterocycles. The predicted octanol–water partition coefficient (Wildman–Crippen LogP) is 6.40. The lowest BCUT2D eigenvalue weighted by molar-refractivity contribution is 0.225. The Morgan fingerprint density at radius 2 is 1.23 bits per heavy atom. The zero-order valence-electron chi connectivity index (χ0n) is 14.4. The van der Waals surface area contributed by atoms with Crippen molar-refractivity contribution in [3.63, 3.8) is 0 Å². The van der Waals surface area contributed by atoms with Crippen molar-refractivity contribution in [2.45, 2.75) is 90.4 Å². The highest BCUT2D eigenvalue weighted by Crippen LogP contribution is 2.24. The van der Waals surface area contributed by atoms with Crippen molar-refractivity contribution in [1.82, 2.24) is 0 Å². The maximum Gasteiger partial charge on any atom is 0.697 e. The summed E-state index contributed by atoms with van der Waals surface area (Å²) in [5, 5.41) is 0. The van der Waals surface area contributed by atoms with E-state index in [4.69, 9.17) is 15.5 Å². The Labute approximate surface area is 138 Å². The van der Waals surface area contributed by atoms with Crippen LogP contribution in [-0.2, 0) is 13.6 Å². The summed E-state index contributed by atoms with van der Waals surface area (Å²) >= 11 is 0. The first-order valence-electron chi connectivity index (χ1n) is 8.97. The van der Waals surface area contributed by atoms with Crippen LogP contribution in [0.25, 0.3) is 0 Å². The maximum atomic E-state index is 11.3. The van der Waals surface area contributed by atoms with Crippen LogP contribution >= 0.6 is 8.25 Å². The number of hydrogen-bond donors (Lipinski definition) is 0. The fourth-order valence-corrected chi connectivity index (χ4v) is 2.89. The molecule has 0 aromatic carbocycles. The summed E-state index contributed by atoms with van der Waals surface area (Å²) in [6.07, 6.45) is 21.2. The third kappa shape index (κ3) is 17.6. The molecule has 0 heterocycles. The predicted molar refractivity (Wildman–Crippen MR) is 94.0 cm³/mol. The van der Waals surface area contributed by atoms with Gasteiger partial charge in [-0.1, -0.05) is 77.6 Å². The van der Waals surface area contributed by atoms with Crippen molar-refractivity contribution >= 4 is 8.25 Å². The molecule has 1 unspecified atom stereocenters. The molecule has 0 aromatic heterocycles. The summed E-state index contributed by atoms with van der Waals surface area (Å²) < 4.78 is 21.3. The van der Waals surface area contributed by atoms with Gasteiger partial charge in [0, 0.05) is 11.0 Å². The van der Waals surface area contributed by atoms with Crippen LogP contribution in [0.5, 0.6) is 0 Å². The number of unbranched alkanes of at least 4 members (excludes halogenated alkanes) is 11. The second-order valence-electron chi connectivity index (χ2n) is 5.73. The monoisotopic (exact) mass is 329 g/mol. The first-order valence-corrected chi connectivity index (χ1v) is 10.1. The van der Waals surface area contributed by atoms with E-state index in [1.807, 2.05) is 0 Å². The Morgan fingerprint density at radius 3 is 1.73 bits per heavy atom. The summed E-state index contributed by atoms with van der Waals surface area (Å²) in [6.45, 7) is 3.09. The van der Waals surface area contributed by atoms with Crippen LogP contribution in [0, 0.1) is 12.3 Å². The van der Waals surface area contributed by atoms with Crippen molar-refractivity contribution in [3.8, 4) is 12.3 Å². The molecule has 0 N–H and O–H groups in total. The molecule has 0 saturated heterocycles. The minimum atomic E-state index is -1.98. The van der Waals surface area contributed by atoms with Gasteiger partial charge in [0.2, 0.25) is 0 Å². The van der Waals surface area contributed by atoms with Crippen LogP contribution in [-0.4, -0.2) is 13.2 Å². The van der Waals surface area contributed by atoms with E-state index in [0.29, 0.717) is 19.6 Å². The highest BCUT2D eigenvalue weighted by molar-refractivity contribution is 7.33. The van der Waals surface area contributed by atoms with Gasteiger partial charge >= 0.3 is 8.25 Å². The zero-order chi connectivity index (χ0) is 16.3. The minimum Gasteiger partial charge on any atom is -0.120 e. The number of terminal acetylenes is 1. The van der Waals surface area contributed by atoms with Gasteiger partial charge in [0.05, 0.1) is 0 Å². The molecule has 128 valence electrons. The van der Waals surface area contributed by atoms with E-state index < -0.39 is 8.25 Å². The highest BCUT2D eigenvalue weighted by atomic mass is 31.1. The summed E-state index contributed by atoms with van der Waals surface area (Å²) in [7, 11) is -1.98. The maximum absolute atomic E-state index is 11.3. The molecule has 22 heavy (non-hydrogen) atoms. The lowest BCUT2D eigenvalue weighted by atomic mass is 10.1. The van der Waals surface area contributed by atoms with Crippen LogP contribution in [0.1, 0.15) is 90.4 Å². The standard InChI is InChI=1S/C18H34O3P/c1-3-5-7-8-9-10-11-12-13-14-15-16-18-21-22(19)20-17-6-4-2/h2H,3,5-18H2,1H3/q+1. The van der Waals surface area contributed by atoms with E-state index in [9.17, 15) is 4.57 Å². The highest BCUT2D eigenvalue weighted by Gasteiger charge is 2.18. The van der Waals surface area contributed by atoms with E-state index in [1.54, 1.807) is 0 Å². The molecule has 0 saturated carbocycles. The molecular formula is C18H34O3P+. The van der Waals surface area contributed by atoms with Gasteiger partial charge in [-0.2, -0.15) is 0 Å². The Bertz CT molecular complexity index is 287. The molecule has 3 nitrogen and oxygen atoms in total. The Kier molecular flexibility index (Phi) is 18.3. The average Bonchev–Trinajstić information content (AvgIpc) is 2.52. The molecule has 0 rings (SSSR count). The third-order valence-electron chi connectivity index (χ3n) is 3.64. The van der Waals surface area contributed by atoms with Crippen molar-refractivity contribution in [3.05, 3.63) is 0 Å². The van der Waals surface area contributed by atoms with Crippen LogP contribution in [0.2, 0.25) is 0 Å². The lowest BCUT2D eigenvalue weighted by Crippen LogP contribution is -1.91. The molecule has 1 atom stereocenters. The van der Waals surface area contributed by atoms with E-state index in [2.05, 4.69) is 12.8 Å². The molecule has 0 aliphatic carbocycles. The smallest absolute Gasteiger partial charge is 0.120 e. The third-order valence-corrected chi connectivity index (χ3v) is 4.42. The van der Waals surface area contributed by atoms with E-state index in [-0.39, 0.29) is 0 Å². The molecule has 4 heteroatoms. The molecule has 0 radical (unpaired) electrons. The fourth-order valence-electron chi connectivity index (χ4n) is 2.30. The summed E-state index contributed by atoms with van der Waals surface area (Å²) in [5.74, 6) is 2.43. The van der Waals surface area contributed by atoms with E-state index in [0.717, 1.165) is 12.8 Å².